The molecule has 0 aliphatic rings. The van der Waals surface area contributed by atoms with E-state index < -0.39 is 96.7 Å². The fourth-order valence-electron chi connectivity index (χ4n) is 6.61. The fourth-order valence-corrected chi connectivity index (χ4v) is 6.61. The van der Waals surface area contributed by atoms with E-state index in [0.29, 0.717) is 38.2 Å². The van der Waals surface area contributed by atoms with Gasteiger partial charge in [0.25, 0.3) is 0 Å². The maximum atomic E-state index is 9.90. The normalized spacial score (nSPS) is 16.5. The van der Waals surface area contributed by atoms with Gasteiger partial charge >= 0.3 is 0 Å². The van der Waals surface area contributed by atoms with Crippen LogP contribution in [0.15, 0.2) is 186 Å². The number of hydrogen-bond acceptors (Lipinski definition) is 1. The Morgan fingerprint density at radius 3 is 1.63 bits per heavy atom. The van der Waals surface area contributed by atoms with Crippen molar-refractivity contribution < 1.29 is 27.7 Å². The molecule has 0 radical (unpaired) electrons. The quantitative estimate of drug-likeness (QED) is 0.175. The zero-order chi connectivity index (χ0) is 47.1. The highest BCUT2D eigenvalue weighted by Crippen LogP contribution is 2.48. The number of benzene rings is 9. The lowest BCUT2D eigenvalue weighted by atomic mass is 9.83. The minimum atomic E-state index is -0.665. The second-order valence-corrected chi connectivity index (χ2v) is 11.5. The van der Waals surface area contributed by atoms with Crippen LogP contribution in [0.3, 0.4) is 0 Å². The van der Waals surface area contributed by atoms with Crippen molar-refractivity contribution in [2.45, 2.75) is 0 Å². The van der Waals surface area contributed by atoms with Gasteiger partial charge in [-0.15, -0.1) is 0 Å². The highest BCUT2D eigenvalue weighted by molar-refractivity contribution is 6.26. The topological polar surface area (TPSA) is 13.1 Å². The summed E-state index contributed by atoms with van der Waals surface area (Å²) < 4.78 is 159. The highest BCUT2D eigenvalue weighted by atomic mass is 16.3. The van der Waals surface area contributed by atoms with Crippen LogP contribution in [0.2, 0.25) is 0 Å². The Labute approximate surface area is 308 Å². The lowest BCUT2D eigenvalue weighted by Crippen LogP contribution is -1.92. The first-order valence-corrected chi connectivity index (χ1v) is 15.5. The van der Waals surface area contributed by atoms with Gasteiger partial charge in [-0.2, -0.15) is 0 Å². The molecule has 1 aromatic heterocycles. The lowest BCUT2D eigenvalue weighted by molar-refractivity contribution is 0.669. The van der Waals surface area contributed by atoms with Crippen LogP contribution in [0.5, 0.6) is 0 Å². The SMILES string of the molecule is [2H]c1c([2H])c([2H])c(-c2c([2H])c(-c3ccccc3)c([2H])c(-c3c4ccccc4c(-c4c([2H])c([2H])c([2H])c5oc6c([2H])c7c([2H])c([2H])c([2H])c([2H])c7c([2H])c6c45)c4ccccc34)c2[2H])c([2H])c1[2H]. The van der Waals surface area contributed by atoms with E-state index in [1.807, 2.05) is 0 Å². The van der Waals surface area contributed by atoms with Gasteiger partial charge in [0, 0.05) is 10.8 Å². The van der Waals surface area contributed by atoms with E-state index in [4.69, 9.17) is 19.5 Å². The van der Waals surface area contributed by atoms with Crippen molar-refractivity contribution in [3.63, 3.8) is 0 Å². The van der Waals surface area contributed by atoms with Crippen LogP contribution >= 0.6 is 0 Å². The Balaban J connectivity index is 1.42. The predicted octanol–water partition coefficient (Wildman–Crippen LogP) is 13.7. The molecule has 10 rings (SSSR count). The second kappa shape index (κ2) is 11.1. The summed E-state index contributed by atoms with van der Waals surface area (Å²) in [6.45, 7) is 0. The molecular weight excluding hydrogens is 593 g/mol. The van der Waals surface area contributed by atoms with Crippen LogP contribution < -0.4 is 0 Å². The molecule has 49 heavy (non-hydrogen) atoms. The van der Waals surface area contributed by atoms with E-state index >= 15 is 0 Å². The summed E-state index contributed by atoms with van der Waals surface area (Å²) in [6, 6.07) is 13.1. The third-order valence-electron chi connectivity index (χ3n) is 8.69. The molecule has 0 unspecified atom stereocenters. The van der Waals surface area contributed by atoms with Crippen molar-refractivity contribution >= 4 is 54.3 Å². The minimum Gasteiger partial charge on any atom is -0.456 e. The summed E-state index contributed by atoms with van der Waals surface area (Å²) in [5.74, 6) is 0. The van der Waals surface area contributed by atoms with Crippen molar-refractivity contribution in [3.8, 4) is 44.5 Å². The zero-order valence-corrected chi connectivity index (χ0v) is 25.4. The van der Waals surface area contributed by atoms with Crippen LogP contribution in [-0.4, -0.2) is 0 Å². The van der Waals surface area contributed by atoms with Crippen molar-refractivity contribution in [3.05, 3.63) is 182 Å². The number of furan rings is 1. The fraction of sp³-hybridized carbons (Fsp3) is 0. The van der Waals surface area contributed by atoms with Crippen LogP contribution in [0, 0.1) is 0 Å². The average molecular weight is 640 g/mol. The first-order chi connectivity index (χ1) is 31.4. The minimum absolute atomic E-state index is 0.0115. The van der Waals surface area contributed by atoms with E-state index in [1.54, 1.807) is 78.9 Å². The van der Waals surface area contributed by atoms with Gasteiger partial charge in [-0.05, 0) is 113 Å². The number of fused-ring (bicyclic) bond motifs is 6. The maximum Gasteiger partial charge on any atom is 0.136 e. The first-order valence-electron chi connectivity index (χ1n) is 24.0. The molecule has 0 fully saturated rings. The Morgan fingerprint density at radius 1 is 0.367 bits per heavy atom. The van der Waals surface area contributed by atoms with Crippen molar-refractivity contribution in [2.24, 2.45) is 0 Å². The Kier molecular flexibility index (Phi) is 3.54. The summed E-state index contributed by atoms with van der Waals surface area (Å²) in [5, 5.41) is 0.930. The average Bonchev–Trinajstić information content (AvgIpc) is 3.72. The van der Waals surface area contributed by atoms with E-state index in [1.165, 1.54) is 0 Å². The summed E-state index contributed by atoms with van der Waals surface area (Å²) >= 11 is 0. The van der Waals surface area contributed by atoms with Crippen LogP contribution in [0.1, 0.15) is 23.3 Å². The molecule has 0 aliphatic carbocycles. The van der Waals surface area contributed by atoms with Gasteiger partial charge < -0.3 is 4.42 Å². The zero-order valence-electron chi connectivity index (χ0n) is 42.4. The van der Waals surface area contributed by atoms with Gasteiger partial charge in [-0.1, -0.05) is 145 Å². The molecule has 0 aliphatic heterocycles. The van der Waals surface area contributed by atoms with Gasteiger partial charge in [0.15, 0.2) is 0 Å². The first kappa shape index (κ1) is 15.6. The molecule has 0 atom stereocenters. The third kappa shape index (κ3) is 4.47. The summed E-state index contributed by atoms with van der Waals surface area (Å²) in [5.41, 5.74) is -0.199. The van der Waals surface area contributed by atoms with E-state index in [0.717, 1.165) is 0 Å². The number of hydrogen-bond donors (Lipinski definition) is 0. The summed E-state index contributed by atoms with van der Waals surface area (Å²) in [6.07, 6.45) is 0. The molecule has 0 saturated heterocycles. The maximum absolute atomic E-state index is 9.90. The Morgan fingerprint density at radius 2 is 0.939 bits per heavy atom. The second-order valence-electron chi connectivity index (χ2n) is 11.5. The monoisotopic (exact) mass is 639 g/mol. The third-order valence-corrected chi connectivity index (χ3v) is 8.69. The van der Waals surface area contributed by atoms with Crippen LogP contribution in [0.4, 0.5) is 0 Å². The number of rotatable bonds is 4. The molecule has 0 saturated carbocycles. The van der Waals surface area contributed by atoms with E-state index in [9.17, 15) is 8.22 Å². The standard InChI is InChI=1S/C48H30O/c1-3-14-31(15-4-1)35-26-36(32-16-5-2-6-17-32)28-37(27-35)46-38-20-9-11-22-40(38)47(41-23-12-10-21-39(41)46)42-24-13-25-44-48(42)43-29-33-18-7-8-19-34(33)30-45(43)49-44/h1-30H/i1D,3D,4D,7D,8D,13D,14D,15D,18D,19D,24D,25D,26D,27D,28D,29D,30D. The van der Waals surface area contributed by atoms with Crippen molar-refractivity contribution in [1.82, 2.24) is 0 Å². The van der Waals surface area contributed by atoms with Gasteiger partial charge in [0.05, 0.1) is 23.3 Å². The van der Waals surface area contributed by atoms with Gasteiger partial charge in [-0.3, -0.25) is 0 Å². The molecule has 0 spiro atoms. The molecule has 10 aromatic rings. The Bertz CT molecular complexity index is 3760. The predicted molar refractivity (Wildman–Crippen MR) is 208 cm³/mol. The molecule has 9 aromatic carbocycles. The van der Waals surface area contributed by atoms with Crippen molar-refractivity contribution in [2.75, 3.05) is 0 Å². The Hall–Kier alpha value is -6.44. The smallest absolute Gasteiger partial charge is 0.136 e. The van der Waals surface area contributed by atoms with Crippen LogP contribution in [-0.2, 0) is 0 Å². The van der Waals surface area contributed by atoms with E-state index in [-0.39, 0.29) is 66.6 Å². The van der Waals surface area contributed by atoms with Gasteiger partial charge in [0.2, 0.25) is 0 Å². The highest BCUT2D eigenvalue weighted by Gasteiger charge is 2.21. The lowest BCUT2D eigenvalue weighted by Gasteiger charge is -2.19. The van der Waals surface area contributed by atoms with Gasteiger partial charge in [-0.25, -0.2) is 0 Å². The summed E-state index contributed by atoms with van der Waals surface area (Å²) in [7, 11) is 0. The molecule has 1 heteroatoms. The van der Waals surface area contributed by atoms with Crippen molar-refractivity contribution in [1.29, 1.82) is 0 Å². The molecule has 0 bridgehead atoms. The molecular formula is C48H30O. The molecule has 1 nitrogen and oxygen atoms in total. The summed E-state index contributed by atoms with van der Waals surface area (Å²) in [4.78, 5) is 0. The van der Waals surface area contributed by atoms with Crippen LogP contribution in [0.25, 0.3) is 98.8 Å². The van der Waals surface area contributed by atoms with E-state index in [2.05, 4.69) is 0 Å². The molecule has 0 N–H and O–H groups in total. The largest absolute Gasteiger partial charge is 0.456 e. The molecule has 0 amide bonds. The molecule has 1 heterocycles. The molecule has 228 valence electrons. The van der Waals surface area contributed by atoms with Gasteiger partial charge in [0.1, 0.15) is 11.2 Å².